The average Bonchev–Trinajstić information content (AvgIpc) is 3.91. The summed E-state index contributed by atoms with van der Waals surface area (Å²) in [5, 5.41) is 0. The Kier molecular flexibility index (Phi) is 21.9. The van der Waals surface area contributed by atoms with Crippen molar-refractivity contribution in [2.24, 2.45) is 0 Å². The molecule has 0 unspecified atom stereocenters. The monoisotopic (exact) mass is 1250 g/mol. The van der Waals surface area contributed by atoms with E-state index in [9.17, 15) is 79.1 Å². The first kappa shape index (κ1) is 65.9. The maximum atomic E-state index is 14.9. The first-order chi connectivity index (χ1) is 38.9. The van der Waals surface area contributed by atoms with Crippen LogP contribution >= 0.6 is 23.5 Å². The number of Topliss-reactive ketones (excluding diaryl/α,β-unsaturated/α-hetero) is 1. The van der Waals surface area contributed by atoms with Crippen LogP contribution < -0.4 is 0 Å². The number of thioether (sulfide) groups is 2. The highest BCUT2D eigenvalue weighted by molar-refractivity contribution is 7.98. The zero-order valence-corrected chi connectivity index (χ0v) is 47.6. The van der Waals surface area contributed by atoms with Crippen LogP contribution in [-0.4, -0.2) is 133 Å². The molecule has 6 atom stereocenters. The Morgan fingerprint density at radius 1 is 0.602 bits per heavy atom. The second-order valence-corrected chi connectivity index (χ2v) is 24.0. The van der Waals surface area contributed by atoms with E-state index in [1.165, 1.54) is 49.5 Å². The van der Waals surface area contributed by atoms with Crippen LogP contribution in [0.2, 0.25) is 0 Å². The number of pyridine rings is 2. The molecule has 6 heterocycles. The minimum atomic E-state index is -4.76. The number of carbonyl (C=O) groups excluding carboxylic acids is 2. The fraction of sp³-hybridized carbons (Fsp3) is 0.385. The molecule has 2 aliphatic rings. The Morgan fingerprint density at radius 2 is 1.00 bits per heavy atom. The summed E-state index contributed by atoms with van der Waals surface area (Å²) in [6.45, 7) is 4.16. The van der Waals surface area contributed by atoms with E-state index < -0.39 is 116 Å². The summed E-state index contributed by atoms with van der Waals surface area (Å²) in [5.74, 6) is -5.62. The van der Waals surface area contributed by atoms with Gasteiger partial charge >= 0.3 is 12.4 Å². The van der Waals surface area contributed by atoms with E-state index in [1.54, 1.807) is 13.2 Å². The number of rotatable bonds is 16. The molecule has 0 bridgehead atoms. The van der Waals surface area contributed by atoms with E-state index >= 15 is 0 Å². The van der Waals surface area contributed by atoms with Crippen LogP contribution in [0.25, 0.3) is 22.5 Å². The van der Waals surface area contributed by atoms with E-state index in [0.29, 0.717) is 29.0 Å². The average molecular weight is 1250 g/mol. The Labute approximate surface area is 477 Å². The summed E-state index contributed by atoms with van der Waals surface area (Å²) in [4.78, 5) is 47.4. The van der Waals surface area contributed by atoms with Crippen molar-refractivity contribution >= 4 is 55.3 Å². The molecule has 1 amide bonds. The summed E-state index contributed by atoms with van der Waals surface area (Å²) >= 11 is 2.64. The normalized spacial score (nSPS) is 19.6. The van der Waals surface area contributed by atoms with Crippen molar-refractivity contribution in [3.8, 4) is 22.5 Å². The molecule has 2 aliphatic heterocycles. The standard InChI is InChI=1S/C25H23F6N5O3S2.C15H19F2NO3S2.C12H9F4N3/c1-14-19(27)8-22(36(14)41(38,39)18-5-3-17(26)4-6-18)23(37)35(13-40-2)12-15-7-21(32-11-20(15)28)16-9-33-24(34-10-16)25(29,30)31;1-10-13(17)9-14(15(19)7-8-22-2)18(10)23(20,21)12-5-3-11(16)4-6-12;1-2-7-3-10(17-6-9(7)13)8-4-18-11(19-5-8)12(14,15)16/h3-7,9-11,14,19,22H,8,12-13H2,1-2H3;3-6,10,13-14H,7-9H2,1-2H3;3-6H,2H2,1H3/t14-,19+,22-;10-,13+,14-;/m00./s1. The zero-order valence-electron chi connectivity index (χ0n) is 44.3. The zero-order chi connectivity index (χ0) is 61.4. The SMILES string of the molecule is CCc1cc(-c2cnc(C(F)(F)F)nc2)ncc1F.CSCCC(=O)[C@@H]1C[C@@H](F)[C@H](C)N1S(=O)(=O)c1ccc(F)cc1.CSCN(Cc1cc(-c2cnc(C(F)(F)F)nc2)ncc1F)C(=O)[C@@H]1C[C@@H](F)[C@H](C)N1S(=O)(=O)c1ccc(F)cc1. The summed E-state index contributed by atoms with van der Waals surface area (Å²) in [6, 6.07) is 6.32. The number of hydrogen-bond acceptors (Lipinski definition) is 14. The van der Waals surface area contributed by atoms with Crippen LogP contribution in [0, 0.1) is 23.3 Å². The minimum Gasteiger partial charge on any atom is -0.328 e. The molecule has 0 spiro atoms. The number of benzene rings is 2. The number of alkyl halides is 8. The van der Waals surface area contributed by atoms with Gasteiger partial charge in [-0.15, -0.1) is 11.8 Å². The van der Waals surface area contributed by atoms with Crippen molar-refractivity contribution in [2.75, 3.05) is 24.1 Å². The predicted octanol–water partition coefficient (Wildman–Crippen LogP) is 10.6. The molecule has 31 heteroatoms. The molecule has 2 fully saturated rings. The van der Waals surface area contributed by atoms with Crippen molar-refractivity contribution in [1.29, 1.82) is 0 Å². The van der Waals surface area contributed by atoms with Crippen LogP contribution in [0.3, 0.4) is 0 Å². The molecule has 8 rings (SSSR count). The lowest BCUT2D eigenvalue weighted by Gasteiger charge is -2.31. The quantitative estimate of drug-likeness (QED) is 0.0657. The van der Waals surface area contributed by atoms with Gasteiger partial charge in [0, 0.05) is 67.3 Å². The number of aromatic nitrogens is 6. The van der Waals surface area contributed by atoms with Crippen LogP contribution in [0.4, 0.5) is 52.7 Å². The summed E-state index contributed by atoms with van der Waals surface area (Å²) < 4.78 is 213. The highest BCUT2D eigenvalue weighted by Crippen LogP contribution is 2.37. The number of halogens is 12. The predicted molar refractivity (Wildman–Crippen MR) is 283 cm³/mol. The molecule has 0 radical (unpaired) electrons. The number of aryl methyl sites for hydroxylation is 1. The van der Waals surface area contributed by atoms with E-state index in [0.717, 1.165) is 99.2 Å². The highest BCUT2D eigenvalue weighted by atomic mass is 32.2. The summed E-state index contributed by atoms with van der Waals surface area (Å²) in [5.41, 5.74) is 1.10. The Morgan fingerprint density at radius 3 is 1.40 bits per heavy atom. The molecule has 0 aliphatic carbocycles. The van der Waals surface area contributed by atoms with Crippen LogP contribution in [-0.2, 0) is 55.0 Å². The lowest BCUT2D eigenvalue weighted by molar-refractivity contribution is -0.145. The fourth-order valence-corrected chi connectivity index (χ4v) is 13.2. The van der Waals surface area contributed by atoms with Gasteiger partial charge in [0.05, 0.1) is 57.6 Å². The second kappa shape index (κ2) is 27.6. The maximum Gasteiger partial charge on any atom is 0.451 e. The van der Waals surface area contributed by atoms with Gasteiger partial charge in [-0.05, 0) is 105 Å². The number of sulfonamides is 2. The first-order valence-corrected chi connectivity index (χ1v) is 30.3. The number of nitrogens with zero attached hydrogens (tertiary/aromatic N) is 9. The largest absolute Gasteiger partial charge is 0.451 e. The Hall–Kier alpha value is -6.28. The number of hydrogen-bond donors (Lipinski definition) is 0. The van der Waals surface area contributed by atoms with Gasteiger partial charge in [-0.1, -0.05) is 6.92 Å². The molecular formula is C52H51F12N9O6S4. The maximum absolute atomic E-state index is 14.9. The third kappa shape index (κ3) is 15.9. The van der Waals surface area contributed by atoms with Gasteiger partial charge < -0.3 is 4.90 Å². The van der Waals surface area contributed by atoms with Gasteiger partial charge in [0.2, 0.25) is 37.6 Å². The fourth-order valence-electron chi connectivity index (χ4n) is 8.64. The van der Waals surface area contributed by atoms with E-state index in [-0.39, 0.29) is 57.7 Å². The van der Waals surface area contributed by atoms with Crippen molar-refractivity contribution in [2.45, 2.75) is 112 Å². The molecule has 2 aromatic carbocycles. The van der Waals surface area contributed by atoms with Crippen LogP contribution in [0.5, 0.6) is 0 Å². The van der Waals surface area contributed by atoms with Gasteiger partial charge in [0.1, 0.15) is 41.7 Å². The second-order valence-electron chi connectivity index (χ2n) is 18.5. The van der Waals surface area contributed by atoms with Crippen LogP contribution in [0.1, 0.15) is 62.8 Å². The molecule has 2 saturated heterocycles. The van der Waals surface area contributed by atoms with Crippen molar-refractivity contribution in [3.05, 3.63) is 144 Å². The lowest BCUT2D eigenvalue weighted by atomic mass is 10.1. The van der Waals surface area contributed by atoms with E-state index in [4.69, 9.17) is 0 Å². The molecule has 0 N–H and O–H groups in total. The van der Waals surface area contributed by atoms with E-state index in [2.05, 4.69) is 29.9 Å². The molecule has 6 aromatic rings. The van der Waals surface area contributed by atoms with Crippen molar-refractivity contribution in [1.82, 2.24) is 43.4 Å². The number of carbonyl (C=O) groups is 2. The van der Waals surface area contributed by atoms with Gasteiger partial charge in [-0.3, -0.25) is 19.6 Å². The van der Waals surface area contributed by atoms with E-state index in [1.807, 2.05) is 6.26 Å². The van der Waals surface area contributed by atoms with Gasteiger partial charge in [-0.25, -0.2) is 63.1 Å². The minimum absolute atomic E-state index is 0.0222. The molecule has 4 aromatic heterocycles. The topological polar surface area (TPSA) is 189 Å². The summed E-state index contributed by atoms with van der Waals surface area (Å²) in [7, 11) is -8.48. The number of amides is 1. The van der Waals surface area contributed by atoms with Gasteiger partial charge in [0.15, 0.2) is 5.78 Å². The molecule has 15 nitrogen and oxygen atoms in total. The van der Waals surface area contributed by atoms with Crippen LogP contribution in [0.15, 0.2) is 108 Å². The Balaban J connectivity index is 0.000000221. The number of ketones is 1. The van der Waals surface area contributed by atoms with Gasteiger partial charge in [-0.2, -0.15) is 46.7 Å². The Bertz CT molecular complexity index is 3430. The van der Waals surface area contributed by atoms with Gasteiger partial charge in [0.25, 0.3) is 0 Å². The summed E-state index contributed by atoms with van der Waals surface area (Å²) in [6.07, 6.45) is -3.18. The smallest absolute Gasteiger partial charge is 0.328 e. The molecular weight excluding hydrogens is 1200 g/mol. The van der Waals surface area contributed by atoms with Crippen molar-refractivity contribution in [3.63, 3.8) is 0 Å². The first-order valence-electron chi connectivity index (χ1n) is 24.7. The third-order valence-electron chi connectivity index (χ3n) is 13.0. The molecule has 0 saturated carbocycles. The molecule has 448 valence electrons. The lowest BCUT2D eigenvalue weighted by Crippen LogP contribution is -2.49. The van der Waals surface area contributed by atoms with Crippen molar-refractivity contribution < 1.29 is 79.1 Å². The highest BCUT2D eigenvalue weighted by Gasteiger charge is 2.51. The third-order valence-corrected chi connectivity index (χ3v) is 18.2. The molecule has 83 heavy (non-hydrogen) atoms.